The van der Waals surface area contributed by atoms with Gasteiger partial charge in [-0.05, 0) is 31.7 Å². The molecule has 27 heavy (non-hydrogen) atoms. The Morgan fingerprint density at radius 1 is 1.19 bits per heavy atom. The van der Waals surface area contributed by atoms with Gasteiger partial charge in [-0.2, -0.15) is 0 Å². The van der Waals surface area contributed by atoms with Crippen LogP contribution in [0.3, 0.4) is 0 Å². The lowest BCUT2D eigenvalue weighted by atomic mass is 10.3. The number of amides is 2. The summed E-state index contributed by atoms with van der Waals surface area (Å²) in [6.45, 7) is 8.94. The predicted octanol–water partition coefficient (Wildman–Crippen LogP) is 1.61. The van der Waals surface area contributed by atoms with E-state index < -0.39 is 0 Å². The van der Waals surface area contributed by atoms with Crippen LogP contribution >= 0.6 is 11.3 Å². The summed E-state index contributed by atoms with van der Waals surface area (Å²) < 4.78 is 5.05. The lowest BCUT2D eigenvalue weighted by Gasteiger charge is -2.35. The van der Waals surface area contributed by atoms with Crippen molar-refractivity contribution in [2.24, 2.45) is 4.99 Å². The molecule has 0 bridgehead atoms. The maximum atomic E-state index is 11.9. The van der Waals surface area contributed by atoms with Gasteiger partial charge in [-0.1, -0.05) is 6.07 Å². The molecule has 2 amide bonds. The average Bonchev–Trinajstić information content (AvgIpc) is 3.22. The molecule has 2 N–H and O–H groups in total. The van der Waals surface area contributed by atoms with E-state index >= 15 is 0 Å². The first-order valence-corrected chi connectivity index (χ1v) is 10.3. The fourth-order valence-electron chi connectivity index (χ4n) is 2.70. The molecule has 0 atom stereocenters. The van der Waals surface area contributed by atoms with Crippen LogP contribution in [0.1, 0.15) is 29.9 Å². The van der Waals surface area contributed by atoms with E-state index in [9.17, 15) is 9.59 Å². The van der Waals surface area contributed by atoms with Crippen molar-refractivity contribution < 1.29 is 14.3 Å². The van der Waals surface area contributed by atoms with Crippen molar-refractivity contribution in [3.63, 3.8) is 0 Å². The van der Waals surface area contributed by atoms with Crippen molar-refractivity contribution in [3.05, 3.63) is 22.4 Å². The van der Waals surface area contributed by atoms with Gasteiger partial charge in [0.1, 0.15) is 0 Å². The Labute approximate surface area is 164 Å². The molecule has 0 aromatic carbocycles. The third-order valence-corrected chi connectivity index (χ3v) is 4.94. The van der Waals surface area contributed by atoms with Crippen molar-refractivity contribution >= 4 is 29.3 Å². The highest BCUT2D eigenvalue weighted by atomic mass is 32.1. The molecule has 1 aromatic heterocycles. The lowest BCUT2D eigenvalue weighted by Crippen LogP contribution is -2.54. The van der Waals surface area contributed by atoms with Gasteiger partial charge in [0.05, 0.1) is 11.5 Å². The summed E-state index contributed by atoms with van der Waals surface area (Å²) in [6, 6.07) is 3.69. The van der Waals surface area contributed by atoms with Crippen LogP contribution in [-0.4, -0.2) is 80.2 Å². The number of carbonyl (C=O) groups is 2. The van der Waals surface area contributed by atoms with Crippen molar-refractivity contribution in [1.82, 2.24) is 20.4 Å². The van der Waals surface area contributed by atoms with Gasteiger partial charge in [0.15, 0.2) is 5.96 Å². The average molecular weight is 396 g/mol. The molecule has 1 fully saturated rings. The van der Waals surface area contributed by atoms with E-state index in [1.807, 2.05) is 31.4 Å². The molecule has 0 radical (unpaired) electrons. The van der Waals surface area contributed by atoms with E-state index in [1.165, 1.54) is 11.3 Å². The fourth-order valence-corrected chi connectivity index (χ4v) is 3.34. The largest absolute Gasteiger partial charge is 0.450 e. The van der Waals surface area contributed by atoms with Crippen LogP contribution in [0, 0.1) is 0 Å². The quantitative estimate of drug-likeness (QED) is 0.416. The van der Waals surface area contributed by atoms with E-state index in [4.69, 9.17) is 4.74 Å². The third kappa shape index (κ3) is 6.74. The van der Waals surface area contributed by atoms with Gasteiger partial charge in [0.25, 0.3) is 5.91 Å². The zero-order chi connectivity index (χ0) is 19.5. The van der Waals surface area contributed by atoms with Gasteiger partial charge in [-0.25, -0.2) is 4.79 Å². The highest BCUT2D eigenvalue weighted by Crippen LogP contribution is 2.07. The molecular formula is C18H29N5O3S. The zero-order valence-corrected chi connectivity index (χ0v) is 16.9. The number of nitrogens with one attached hydrogen (secondary N) is 2. The van der Waals surface area contributed by atoms with E-state index in [1.54, 1.807) is 4.90 Å². The van der Waals surface area contributed by atoms with Gasteiger partial charge >= 0.3 is 6.09 Å². The highest BCUT2D eigenvalue weighted by molar-refractivity contribution is 7.12. The maximum absolute atomic E-state index is 11.9. The lowest BCUT2D eigenvalue weighted by molar-refractivity contribution is 0.0913. The first kappa shape index (κ1) is 21.0. The normalized spacial score (nSPS) is 14.8. The number of guanidine groups is 1. The van der Waals surface area contributed by atoms with Crippen molar-refractivity contribution in [1.29, 1.82) is 0 Å². The van der Waals surface area contributed by atoms with Crippen LogP contribution in [0.25, 0.3) is 0 Å². The Balaban J connectivity index is 1.74. The molecule has 2 rings (SSSR count). The van der Waals surface area contributed by atoms with E-state index in [0.717, 1.165) is 36.9 Å². The Hall–Kier alpha value is -2.29. The number of nitrogens with zero attached hydrogens (tertiary/aromatic N) is 3. The number of hydrogen-bond donors (Lipinski definition) is 2. The molecule has 0 spiro atoms. The summed E-state index contributed by atoms with van der Waals surface area (Å²) >= 11 is 1.44. The first-order chi connectivity index (χ1) is 13.2. The second-order valence-corrected chi connectivity index (χ2v) is 6.94. The zero-order valence-electron chi connectivity index (χ0n) is 16.1. The Bertz CT molecular complexity index is 613. The molecule has 1 saturated heterocycles. The van der Waals surface area contributed by atoms with Gasteiger partial charge in [-0.15, -0.1) is 11.3 Å². The summed E-state index contributed by atoms with van der Waals surface area (Å²) in [5.41, 5.74) is 0. The number of aliphatic imine (C=N–C) groups is 1. The highest BCUT2D eigenvalue weighted by Gasteiger charge is 2.23. The minimum atomic E-state index is -0.249. The van der Waals surface area contributed by atoms with Crippen LogP contribution in [0.15, 0.2) is 22.5 Å². The van der Waals surface area contributed by atoms with Crippen LogP contribution in [-0.2, 0) is 4.74 Å². The number of ether oxygens (including phenoxy) is 1. The van der Waals surface area contributed by atoms with Crippen molar-refractivity contribution in [2.75, 3.05) is 52.4 Å². The van der Waals surface area contributed by atoms with Crippen molar-refractivity contribution in [2.45, 2.75) is 20.3 Å². The molecule has 9 heteroatoms. The molecule has 1 aliphatic heterocycles. The van der Waals surface area contributed by atoms with E-state index in [2.05, 4.69) is 20.5 Å². The van der Waals surface area contributed by atoms with E-state index in [0.29, 0.717) is 32.8 Å². The summed E-state index contributed by atoms with van der Waals surface area (Å²) in [6.07, 6.45) is 0.523. The maximum Gasteiger partial charge on any atom is 0.409 e. The van der Waals surface area contributed by atoms with Crippen LogP contribution in [0.5, 0.6) is 0 Å². The number of carbonyl (C=O) groups excluding carboxylic acids is 2. The molecule has 0 saturated carbocycles. The third-order valence-electron chi connectivity index (χ3n) is 4.07. The van der Waals surface area contributed by atoms with Gasteiger partial charge in [0.2, 0.25) is 0 Å². The number of hydrogen-bond acceptors (Lipinski definition) is 5. The molecule has 0 aliphatic carbocycles. The number of thiophene rings is 1. The molecule has 2 heterocycles. The van der Waals surface area contributed by atoms with Crippen molar-refractivity contribution in [3.8, 4) is 0 Å². The molecule has 1 aromatic rings. The Morgan fingerprint density at radius 2 is 1.93 bits per heavy atom. The smallest absolute Gasteiger partial charge is 0.409 e. The standard InChI is InChI=1S/C18H29N5O3S/c1-3-19-17(22-10-12-23(13-11-22)18(25)26-4-2)21-9-6-8-20-16(24)15-7-5-14-27-15/h5,7,14H,3-4,6,8-13H2,1-2H3,(H,19,21)(H,20,24). The molecule has 150 valence electrons. The SMILES string of the molecule is CCNC(=NCCCNC(=O)c1cccs1)N1CCN(C(=O)OCC)CC1. The Morgan fingerprint density at radius 3 is 2.56 bits per heavy atom. The predicted molar refractivity (Wildman–Crippen MR) is 107 cm³/mol. The fraction of sp³-hybridized carbons (Fsp3) is 0.611. The summed E-state index contributed by atoms with van der Waals surface area (Å²) in [5.74, 6) is 0.821. The molecule has 8 nitrogen and oxygen atoms in total. The van der Waals surface area contributed by atoms with Gasteiger partial charge in [0, 0.05) is 45.8 Å². The minimum absolute atomic E-state index is 0.0315. The monoisotopic (exact) mass is 395 g/mol. The number of rotatable bonds is 7. The molecule has 0 unspecified atom stereocenters. The summed E-state index contributed by atoms with van der Waals surface area (Å²) in [5, 5.41) is 8.10. The van der Waals surface area contributed by atoms with E-state index in [-0.39, 0.29) is 12.0 Å². The van der Waals surface area contributed by atoms with Gasteiger partial charge in [-0.3, -0.25) is 9.79 Å². The van der Waals surface area contributed by atoms with Crippen LogP contribution in [0.4, 0.5) is 4.79 Å². The topological polar surface area (TPSA) is 86.3 Å². The summed E-state index contributed by atoms with van der Waals surface area (Å²) in [7, 11) is 0. The second kappa shape index (κ2) is 11.4. The number of piperazine rings is 1. The Kier molecular flexibility index (Phi) is 8.90. The molecule has 1 aliphatic rings. The van der Waals surface area contributed by atoms with Crippen LogP contribution < -0.4 is 10.6 Å². The molecular weight excluding hydrogens is 366 g/mol. The van der Waals surface area contributed by atoms with Crippen LogP contribution in [0.2, 0.25) is 0 Å². The first-order valence-electron chi connectivity index (χ1n) is 9.42. The minimum Gasteiger partial charge on any atom is -0.450 e. The summed E-state index contributed by atoms with van der Waals surface area (Å²) in [4.78, 5) is 32.9. The second-order valence-electron chi connectivity index (χ2n) is 6.00. The van der Waals surface area contributed by atoms with Gasteiger partial charge < -0.3 is 25.2 Å².